The third-order valence-corrected chi connectivity index (χ3v) is 3.33. The van der Waals surface area contributed by atoms with Gasteiger partial charge in [-0.3, -0.25) is 9.78 Å². The van der Waals surface area contributed by atoms with Gasteiger partial charge in [0.2, 0.25) is 0 Å². The van der Waals surface area contributed by atoms with Crippen molar-refractivity contribution >= 4 is 10.9 Å². The zero-order chi connectivity index (χ0) is 17.4. The molecule has 0 saturated heterocycles. The molecule has 0 fully saturated rings. The molecule has 0 saturated carbocycles. The van der Waals surface area contributed by atoms with Gasteiger partial charge in [0.15, 0.2) is 0 Å². The number of aromatic nitrogens is 2. The normalized spacial score (nSPS) is 13.7. The van der Waals surface area contributed by atoms with Crippen molar-refractivity contribution in [2.75, 3.05) is 6.61 Å². The molecule has 1 heterocycles. The lowest BCUT2D eigenvalue weighted by atomic mass is 10.00. The molecule has 2 N–H and O–H groups in total. The number of aromatic amines is 2. The molecule has 1 atom stereocenters. The number of halogens is 3. The molecule has 5 nitrogen and oxygen atoms in total. The van der Waals surface area contributed by atoms with Crippen molar-refractivity contribution in [2.24, 2.45) is 5.92 Å². The van der Waals surface area contributed by atoms with Crippen LogP contribution < -0.4 is 11.2 Å². The van der Waals surface area contributed by atoms with Gasteiger partial charge in [0, 0.05) is 6.61 Å². The van der Waals surface area contributed by atoms with E-state index in [9.17, 15) is 22.8 Å². The molecule has 1 unspecified atom stereocenters. The molecule has 1 aromatic carbocycles. The first-order valence-corrected chi connectivity index (χ1v) is 7.08. The second-order valence-corrected chi connectivity index (χ2v) is 5.76. The summed E-state index contributed by atoms with van der Waals surface area (Å²) in [6.45, 7) is 5.55. The summed E-state index contributed by atoms with van der Waals surface area (Å²) in [5.41, 5.74) is -2.82. The number of alkyl halides is 3. The third-order valence-electron chi connectivity index (χ3n) is 3.33. The minimum Gasteiger partial charge on any atom is -0.374 e. The lowest BCUT2D eigenvalue weighted by Crippen LogP contribution is -2.23. The van der Waals surface area contributed by atoms with Crippen LogP contribution in [-0.4, -0.2) is 16.6 Å². The first-order chi connectivity index (χ1) is 10.6. The number of nitrogens with one attached hydrogen (secondary N) is 2. The quantitative estimate of drug-likeness (QED) is 0.905. The van der Waals surface area contributed by atoms with Crippen LogP contribution in [0.2, 0.25) is 0 Å². The summed E-state index contributed by atoms with van der Waals surface area (Å²) in [5, 5.41) is -0.0207. The summed E-state index contributed by atoms with van der Waals surface area (Å²) in [6.07, 6.45) is -5.47. The Hall–Kier alpha value is -2.09. The number of hydrogen-bond acceptors (Lipinski definition) is 3. The topological polar surface area (TPSA) is 75.0 Å². The molecule has 126 valence electrons. The largest absolute Gasteiger partial charge is 0.416 e. The number of rotatable bonds is 4. The highest BCUT2D eigenvalue weighted by Crippen LogP contribution is 2.37. The maximum atomic E-state index is 13.3. The average molecular weight is 330 g/mol. The first-order valence-electron chi connectivity index (χ1n) is 7.08. The van der Waals surface area contributed by atoms with E-state index < -0.39 is 29.1 Å². The molecular formula is C15H17F3N2O3. The van der Waals surface area contributed by atoms with Crippen LogP contribution in [0, 0.1) is 5.92 Å². The van der Waals surface area contributed by atoms with E-state index in [-0.39, 0.29) is 22.4 Å². The van der Waals surface area contributed by atoms with E-state index in [1.807, 2.05) is 18.8 Å². The lowest BCUT2D eigenvalue weighted by molar-refractivity contribution is -0.139. The highest BCUT2D eigenvalue weighted by atomic mass is 19.4. The van der Waals surface area contributed by atoms with Gasteiger partial charge in [-0.1, -0.05) is 13.8 Å². The van der Waals surface area contributed by atoms with E-state index in [1.165, 1.54) is 6.92 Å². The zero-order valence-electron chi connectivity index (χ0n) is 12.9. The summed E-state index contributed by atoms with van der Waals surface area (Å²) >= 11 is 0. The molecule has 0 bridgehead atoms. The highest BCUT2D eigenvalue weighted by Gasteiger charge is 2.35. The summed E-state index contributed by atoms with van der Waals surface area (Å²) < 4.78 is 45.4. The monoisotopic (exact) mass is 330 g/mol. The number of hydrogen-bond donors (Lipinski definition) is 2. The van der Waals surface area contributed by atoms with Gasteiger partial charge in [-0.25, -0.2) is 4.79 Å². The van der Waals surface area contributed by atoms with Crippen LogP contribution in [0.5, 0.6) is 0 Å². The predicted octanol–water partition coefficient (Wildman–Crippen LogP) is 2.97. The van der Waals surface area contributed by atoms with E-state index >= 15 is 0 Å². The first kappa shape index (κ1) is 17.3. The van der Waals surface area contributed by atoms with Gasteiger partial charge >= 0.3 is 11.9 Å². The second kappa shape index (κ2) is 6.19. The highest BCUT2D eigenvalue weighted by molar-refractivity contribution is 5.79. The van der Waals surface area contributed by atoms with Crippen LogP contribution >= 0.6 is 0 Å². The maximum absolute atomic E-state index is 13.3. The molecule has 0 aliphatic heterocycles. The molecule has 8 heteroatoms. The van der Waals surface area contributed by atoms with E-state index in [2.05, 4.69) is 4.98 Å². The summed E-state index contributed by atoms with van der Waals surface area (Å²) in [7, 11) is 0. The van der Waals surface area contributed by atoms with E-state index in [1.54, 1.807) is 0 Å². The van der Waals surface area contributed by atoms with Crippen LogP contribution in [0.25, 0.3) is 10.9 Å². The Labute approximate surface area is 129 Å². The van der Waals surface area contributed by atoms with Crippen LogP contribution in [-0.2, 0) is 10.9 Å². The average Bonchev–Trinajstić information content (AvgIpc) is 2.42. The van der Waals surface area contributed by atoms with Crippen LogP contribution in [0.4, 0.5) is 13.2 Å². The Morgan fingerprint density at radius 1 is 1.13 bits per heavy atom. The van der Waals surface area contributed by atoms with E-state index in [0.29, 0.717) is 6.61 Å². The summed E-state index contributed by atoms with van der Waals surface area (Å²) in [5.74, 6) is 0.159. The van der Waals surface area contributed by atoms with E-state index in [4.69, 9.17) is 4.74 Å². The minimum absolute atomic E-state index is 0.0207. The Kier molecular flexibility index (Phi) is 4.65. The SMILES string of the molecule is CC(C)COC(C)c1cc2c(=O)[nH]c(=O)[nH]c2cc1C(F)(F)F. The molecule has 23 heavy (non-hydrogen) atoms. The number of benzene rings is 1. The standard InChI is InChI=1S/C15H17F3N2O3/c1-7(2)6-23-8(3)9-4-10-12(5-11(9)15(16,17)18)19-14(22)20-13(10)21/h4-5,7-8H,6H2,1-3H3,(H2,19,20,21,22). The van der Waals surface area contributed by atoms with Gasteiger partial charge in [0.05, 0.1) is 22.6 Å². The number of ether oxygens (including phenoxy) is 1. The molecule has 0 radical (unpaired) electrons. The van der Waals surface area contributed by atoms with Crippen molar-refractivity contribution in [1.82, 2.24) is 9.97 Å². The summed E-state index contributed by atoms with van der Waals surface area (Å²) in [6, 6.07) is 1.90. The maximum Gasteiger partial charge on any atom is 0.416 e. The Morgan fingerprint density at radius 2 is 1.78 bits per heavy atom. The van der Waals surface area contributed by atoms with Gasteiger partial charge in [-0.05, 0) is 30.5 Å². The minimum atomic E-state index is -4.63. The smallest absolute Gasteiger partial charge is 0.374 e. The fourth-order valence-electron chi connectivity index (χ4n) is 2.24. The molecule has 0 aliphatic rings. The second-order valence-electron chi connectivity index (χ2n) is 5.76. The third kappa shape index (κ3) is 3.82. The van der Waals surface area contributed by atoms with Crippen LogP contribution in [0.15, 0.2) is 21.7 Å². The van der Waals surface area contributed by atoms with Gasteiger partial charge in [0.25, 0.3) is 5.56 Å². The van der Waals surface area contributed by atoms with Crippen LogP contribution in [0.3, 0.4) is 0 Å². The Morgan fingerprint density at radius 3 is 2.35 bits per heavy atom. The summed E-state index contributed by atoms with van der Waals surface area (Å²) in [4.78, 5) is 27.3. The molecule has 2 rings (SSSR count). The Balaban J connectivity index is 2.65. The Bertz CT molecular complexity index is 821. The number of H-pyrrole nitrogens is 2. The molecular weight excluding hydrogens is 313 g/mol. The van der Waals surface area contributed by atoms with Crippen molar-refractivity contribution in [3.63, 3.8) is 0 Å². The number of fused-ring (bicyclic) bond motifs is 1. The van der Waals surface area contributed by atoms with Crippen LogP contribution in [0.1, 0.15) is 38.0 Å². The molecule has 2 aromatic rings. The lowest BCUT2D eigenvalue weighted by Gasteiger charge is -2.20. The van der Waals surface area contributed by atoms with Gasteiger partial charge in [0.1, 0.15) is 0 Å². The van der Waals surface area contributed by atoms with Gasteiger partial charge in [-0.2, -0.15) is 13.2 Å². The van der Waals surface area contributed by atoms with Crippen molar-refractivity contribution in [3.05, 3.63) is 44.1 Å². The molecule has 0 spiro atoms. The molecule has 0 aliphatic carbocycles. The van der Waals surface area contributed by atoms with Crippen molar-refractivity contribution in [1.29, 1.82) is 0 Å². The zero-order valence-corrected chi connectivity index (χ0v) is 12.9. The van der Waals surface area contributed by atoms with Crippen molar-refractivity contribution in [2.45, 2.75) is 33.1 Å². The molecule has 0 amide bonds. The molecule has 1 aromatic heterocycles. The fraction of sp³-hybridized carbons (Fsp3) is 0.467. The van der Waals surface area contributed by atoms with Gasteiger partial charge in [-0.15, -0.1) is 0 Å². The van der Waals surface area contributed by atoms with E-state index in [0.717, 1.165) is 12.1 Å². The predicted molar refractivity (Wildman–Crippen MR) is 79.4 cm³/mol. The van der Waals surface area contributed by atoms with Crippen molar-refractivity contribution in [3.8, 4) is 0 Å². The fourth-order valence-corrected chi connectivity index (χ4v) is 2.24. The van der Waals surface area contributed by atoms with Gasteiger partial charge < -0.3 is 9.72 Å². The van der Waals surface area contributed by atoms with Crippen molar-refractivity contribution < 1.29 is 17.9 Å².